The van der Waals surface area contributed by atoms with Crippen molar-refractivity contribution < 1.29 is 0 Å². The Kier molecular flexibility index (Phi) is 6.32. The predicted molar refractivity (Wildman–Crippen MR) is 98.4 cm³/mol. The summed E-state index contributed by atoms with van der Waals surface area (Å²) in [6.07, 6.45) is 2.90. The number of benzene rings is 2. The summed E-state index contributed by atoms with van der Waals surface area (Å²) in [7, 11) is 0. The van der Waals surface area contributed by atoms with Gasteiger partial charge < -0.3 is 5.32 Å². The number of nitrogens with zero attached hydrogens (tertiary/aromatic N) is 2. The van der Waals surface area contributed by atoms with Gasteiger partial charge in [0.2, 0.25) is 0 Å². The van der Waals surface area contributed by atoms with E-state index in [0.29, 0.717) is 37.0 Å². The number of hydrogen-bond acceptors (Lipinski definition) is 3. The molecule has 0 amide bonds. The van der Waals surface area contributed by atoms with E-state index in [0.717, 1.165) is 0 Å². The van der Waals surface area contributed by atoms with Crippen LogP contribution in [0.2, 0.25) is 20.1 Å². The van der Waals surface area contributed by atoms with Crippen molar-refractivity contribution in [2.45, 2.75) is 0 Å². The lowest BCUT2D eigenvalue weighted by molar-refractivity contribution is 1.48. The molecule has 0 spiro atoms. The zero-order chi connectivity index (χ0) is 16.8. The summed E-state index contributed by atoms with van der Waals surface area (Å²) in [5.74, 6) is 0. The molecule has 3 nitrogen and oxygen atoms in total. The zero-order valence-corrected chi connectivity index (χ0v) is 14.5. The molecule has 0 saturated carbocycles. The van der Waals surface area contributed by atoms with Crippen LogP contribution in [0.25, 0.3) is 0 Å². The van der Waals surface area contributed by atoms with Gasteiger partial charge in [0, 0.05) is 38.2 Å². The molecule has 0 aromatic heterocycles. The highest BCUT2D eigenvalue weighted by molar-refractivity contribution is 6.35. The minimum absolute atomic E-state index is 0.303. The van der Waals surface area contributed by atoms with E-state index in [1.807, 2.05) is 6.07 Å². The van der Waals surface area contributed by atoms with Crippen LogP contribution in [0.15, 0.2) is 53.2 Å². The summed E-state index contributed by atoms with van der Waals surface area (Å²) in [4.78, 5) is 4.17. The van der Waals surface area contributed by atoms with E-state index in [1.165, 1.54) is 12.4 Å². The van der Waals surface area contributed by atoms with Crippen molar-refractivity contribution in [3.05, 3.63) is 68.3 Å². The zero-order valence-electron chi connectivity index (χ0n) is 11.5. The van der Waals surface area contributed by atoms with Gasteiger partial charge in [0.25, 0.3) is 0 Å². The lowest BCUT2D eigenvalue weighted by atomic mass is 10.3. The quantitative estimate of drug-likeness (QED) is 0.481. The number of halogens is 4. The fourth-order valence-electron chi connectivity index (χ4n) is 1.65. The van der Waals surface area contributed by atoms with Crippen molar-refractivity contribution in [2.75, 3.05) is 5.32 Å². The van der Waals surface area contributed by atoms with E-state index in [-0.39, 0.29) is 0 Å². The van der Waals surface area contributed by atoms with E-state index in [1.54, 1.807) is 36.4 Å². The van der Waals surface area contributed by atoms with Crippen LogP contribution < -0.4 is 5.32 Å². The summed E-state index contributed by atoms with van der Waals surface area (Å²) in [5, 5.41) is 14.0. The van der Waals surface area contributed by atoms with Gasteiger partial charge in [-0.2, -0.15) is 5.26 Å². The molecule has 23 heavy (non-hydrogen) atoms. The molecule has 2 aromatic rings. The van der Waals surface area contributed by atoms with Gasteiger partial charge in [-0.05, 0) is 36.4 Å². The highest BCUT2D eigenvalue weighted by atomic mass is 35.5. The molecule has 0 aliphatic rings. The van der Waals surface area contributed by atoms with Gasteiger partial charge >= 0.3 is 0 Å². The number of allylic oxidation sites excluding steroid dienone is 1. The third-order valence-corrected chi connectivity index (χ3v) is 3.46. The van der Waals surface area contributed by atoms with E-state index in [2.05, 4.69) is 10.3 Å². The van der Waals surface area contributed by atoms with Crippen LogP contribution in [0, 0.1) is 11.3 Å². The van der Waals surface area contributed by atoms with Gasteiger partial charge in [0.1, 0.15) is 6.07 Å². The molecule has 2 aromatic carbocycles. The largest absolute Gasteiger partial charge is 0.360 e. The highest BCUT2D eigenvalue weighted by Crippen LogP contribution is 2.25. The molecule has 0 heterocycles. The minimum Gasteiger partial charge on any atom is -0.360 e. The number of anilines is 1. The lowest BCUT2D eigenvalue weighted by Gasteiger charge is -2.02. The van der Waals surface area contributed by atoms with Crippen LogP contribution in [-0.4, -0.2) is 6.21 Å². The topological polar surface area (TPSA) is 48.2 Å². The molecule has 0 aliphatic carbocycles. The monoisotopic (exact) mass is 383 g/mol. The molecule has 1 N–H and O–H groups in total. The summed E-state index contributed by atoms with van der Waals surface area (Å²) in [6, 6.07) is 11.9. The fraction of sp³-hybridized carbons (Fsp3) is 0. The standard InChI is InChI=1S/C16H9Cl4N3/c17-11-1-12(18)4-15(3-11)22-8-10(7-21)9-23-16-5-13(19)2-14(20)6-16/h1-6,8-9,22H/b10-8-,23-9?. The van der Waals surface area contributed by atoms with Gasteiger partial charge in [0.15, 0.2) is 0 Å². The lowest BCUT2D eigenvalue weighted by Crippen LogP contribution is -1.92. The summed E-state index contributed by atoms with van der Waals surface area (Å²) < 4.78 is 0. The second kappa shape index (κ2) is 8.24. The molecule has 116 valence electrons. The number of aliphatic imine (C=N–C) groups is 1. The summed E-state index contributed by atoms with van der Waals surface area (Å²) in [5.41, 5.74) is 1.51. The molecule has 7 heteroatoms. The second-order valence-corrected chi connectivity index (χ2v) is 6.15. The van der Waals surface area contributed by atoms with Crippen LogP contribution >= 0.6 is 46.4 Å². The molecular formula is C16H9Cl4N3. The number of rotatable bonds is 4. The fourth-order valence-corrected chi connectivity index (χ4v) is 2.70. The Hall–Kier alpha value is -1.70. The number of nitriles is 1. The van der Waals surface area contributed by atoms with Crippen molar-refractivity contribution in [1.82, 2.24) is 0 Å². The van der Waals surface area contributed by atoms with E-state index in [9.17, 15) is 0 Å². The van der Waals surface area contributed by atoms with Gasteiger partial charge in [-0.25, -0.2) is 0 Å². The van der Waals surface area contributed by atoms with Crippen molar-refractivity contribution in [1.29, 1.82) is 5.26 Å². The third-order valence-electron chi connectivity index (χ3n) is 2.59. The molecule has 0 radical (unpaired) electrons. The van der Waals surface area contributed by atoms with Crippen molar-refractivity contribution in [3.8, 4) is 6.07 Å². The second-order valence-electron chi connectivity index (χ2n) is 4.40. The maximum absolute atomic E-state index is 9.15. The van der Waals surface area contributed by atoms with Crippen LogP contribution in [-0.2, 0) is 0 Å². The van der Waals surface area contributed by atoms with Gasteiger partial charge in [-0.1, -0.05) is 46.4 Å². The number of hydrogen-bond donors (Lipinski definition) is 1. The molecule has 0 fully saturated rings. The Labute approximate surface area is 153 Å². The van der Waals surface area contributed by atoms with Gasteiger partial charge in [-0.15, -0.1) is 0 Å². The SMILES string of the molecule is N#C/C(C=Nc1cc(Cl)cc(Cl)c1)=C/Nc1cc(Cl)cc(Cl)c1. The third kappa shape index (κ3) is 5.78. The first-order chi connectivity index (χ1) is 11.0. The number of nitrogens with one attached hydrogen (secondary N) is 1. The summed E-state index contributed by atoms with van der Waals surface area (Å²) >= 11 is 23.6. The van der Waals surface area contributed by atoms with Crippen molar-refractivity contribution >= 4 is 64.0 Å². The molecule has 0 saturated heterocycles. The van der Waals surface area contributed by atoms with Crippen molar-refractivity contribution in [2.24, 2.45) is 4.99 Å². The van der Waals surface area contributed by atoms with E-state index in [4.69, 9.17) is 51.7 Å². The van der Waals surface area contributed by atoms with Crippen molar-refractivity contribution in [3.63, 3.8) is 0 Å². The van der Waals surface area contributed by atoms with Gasteiger partial charge in [0.05, 0.1) is 11.3 Å². The first-order valence-electron chi connectivity index (χ1n) is 6.29. The van der Waals surface area contributed by atoms with Crippen LogP contribution in [0.3, 0.4) is 0 Å². The molecule has 0 bridgehead atoms. The molecule has 0 aliphatic heterocycles. The predicted octanol–water partition coefficient (Wildman–Crippen LogP) is 6.52. The van der Waals surface area contributed by atoms with Crippen LogP contribution in [0.1, 0.15) is 0 Å². The van der Waals surface area contributed by atoms with Crippen LogP contribution in [0.4, 0.5) is 11.4 Å². The average Bonchev–Trinajstić information content (AvgIpc) is 2.45. The Morgan fingerprint density at radius 2 is 1.43 bits per heavy atom. The Balaban J connectivity index is 2.16. The maximum atomic E-state index is 9.15. The Morgan fingerprint density at radius 1 is 0.913 bits per heavy atom. The molecule has 0 atom stereocenters. The normalized spacial score (nSPS) is 11.5. The Bertz CT molecular complexity index is 782. The maximum Gasteiger partial charge on any atom is 0.102 e. The Morgan fingerprint density at radius 3 is 1.96 bits per heavy atom. The first kappa shape index (κ1) is 17.7. The summed E-state index contributed by atoms with van der Waals surface area (Å²) in [6.45, 7) is 0. The van der Waals surface area contributed by atoms with E-state index >= 15 is 0 Å². The smallest absolute Gasteiger partial charge is 0.102 e. The molecule has 2 rings (SSSR count). The van der Waals surface area contributed by atoms with E-state index < -0.39 is 0 Å². The first-order valence-corrected chi connectivity index (χ1v) is 7.80. The highest BCUT2D eigenvalue weighted by Gasteiger charge is 1.99. The average molecular weight is 385 g/mol. The molecule has 0 unspecified atom stereocenters. The van der Waals surface area contributed by atoms with Crippen LogP contribution in [0.5, 0.6) is 0 Å². The minimum atomic E-state index is 0.303. The van der Waals surface area contributed by atoms with Gasteiger partial charge in [-0.3, -0.25) is 4.99 Å². The molecular weight excluding hydrogens is 376 g/mol.